The molecule has 1 aromatic carbocycles. The van der Waals surface area contributed by atoms with Gasteiger partial charge in [0.05, 0.1) is 12.1 Å². The summed E-state index contributed by atoms with van der Waals surface area (Å²) >= 11 is 0. The number of benzene rings is 1. The van der Waals surface area contributed by atoms with E-state index in [4.69, 9.17) is 4.52 Å². The molecule has 22 heavy (non-hydrogen) atoms. The average molecular weight is 298 g/mol. The van der Waals surface area contributed by atoms with Crippen molar-refractivity contribution in [2.45, 2.75) is 39.0 Å². The number of hydrogen-bond donors (Lipinski definition) is 0. The summed E-state index contributed by atoms with van der Waals surface area (Å²) in [5, 5.41) is 4.05. The summed E-state index contributed by atoms with van der Waals surface area (Å²) in [6, 6.07) is 9.98. The Kier molecular flexibility index (Phi) is 4.56. The third-order valence-corrected chi connectivity index (χ3v) is 4.19. The summed E-state index contributed by atoms with van der Waals surface area (Å²) in [4.78, 5) is 14.3. The number of nitrogens with zero attached hydrogens (tertiary/aromatic N) is 2. The largest absolute Gasteiger partial charge is 0.356 e. The minimum atomic E-state index is 0.158. The number of aryl methyl sites for hydroxylation is 1. The zero-order valence-electron chi connectivity index (χ0n) is 13.0. The van der Waals surface area contributed by atoms with Crippen LogP contribution >= 0.6 is 0 Å². The standard InChI is InChI=1S/C18H22N2O2/c1-14-6-8-15(9-7-14)17-12-16(19-22-17)13-18(21)20-10-4-2-3-5-11-20/h6-9,12H,2-5,10-11,13H2,1H3. The first-order valence-corrected chi connectivity index (χ1v) is 8.03. The van der Waals surface area contributed by atoms with Crippen LogP contribution in [0.5, 0.6) is 0 Å². The van der Waals surface area contributed by atoms with Crippen LogP contribution in [0, 0.1) is 6.92 Å². The van der Waals surface area contributed by atoms with Crippen LogP contribution in [-0.2, 0) is 11.2 Å². The van der Waals surface area contributed by atoms with Gasteiger partial charge in [-0.25, -0.2) is 0 Å². The molecule has 2 heterocycles. The van der Waals surface area contributed by atoms with Crippen molar-refractivity contribution in [3.63, 3.8) is 0 Å². The van der Waals surface area contributed by atoms with Gasteiger partial charge in [0.25, 0.3) is 0 Å². The minimum Gasteiger partial charge on any atom is -0.356 e. The Morgan fingerprint density at radius 3 is 2.50 bits per heavy atom. The molecule has 0 atom stereocenters. The van der Waals surface area contributed by atoms with E-state index in [0.717, 1.165) is 37.3 Å². The van der Waals surface area contributed by atoms with Crippen LogP contribution in [0.2, 0.25) is 0 Å². The lowest BCUT2D eigenvalue weighted by Gasteiger charge is -2.19. The molecule has 0 N–H and O–H groups in total. The van der Waals surface area contributed by atoms with E-state index in [1.165, 1.54) is 18.4 Å². The fourth-order valence-electron chi connectivity index (χ4n) is 2.84. The van der Waals surface area contributed by atoms with Gasteiger partial charge >= 0.3 is 0 Å². The molecule has 1 aliphatic rings. The second-order valence-corrected chi connectivity index (χ2v) is 6.02. The van der Waals surface area contributed by atoms with Crippen LogP contribution in [0.15, 0.2) is 34.9 Å². The molecular formula is C18H22N2O2. The quantitative estimate of drug-likeness (QED) is 0.870. The second kappa shape index (κ2) is 6.77. The third kappa shape index (κ3) is 3.56. The molecule has 0 bridgehead atoms. The maximum atomic E-state index is 12.4. The molecule has 1 aromatic heterocycles. The molecule has 4 nitrogen and oxygen atoms in total. The monoisotopic (exact) mass is 298 g/mol. The molecule has 1 saturated heterocycles. The molecule has 2 aromatic rings. The lowest BCUT2D eigenvalue weighted by atomic mass is 10.1. The normalized spacial score (nSPS) is 15.6. The van der Waals surface area contributed by atoms with Crippen molar-refractivity contribution in [1.29, 1.82) is 0 Å². The SMILES string of the molecule is Cc1ccc(-c2cc(CC(=O)N3CCCCCC3)no2)cc1. The number of carbonyl (C=O) groups excluding carboxylic acids is 1. The maximum Gasteiger partial charge on any atom is 0.228 e. The number of carbonyl (C=O) groups is 1. The summed E-state index contributed by atoms with van der Waals surface area (Å²) in [5.74, 6) is 0.879. The Hall–Kier alpha value is -2.10. The number of amides is 1. The van der Waals surface area contributed by atoms with E-state index in [2.05, 4.69) is 12.1 Å². The predicted octanol–water partition coefficient (Wildman–Crippen LogP) is 3.60. The van der Waals surface area contributed by atoms with Crippen molar-refractivity contribution < 1.29 is 9.32 Å². The summed E-state index contributed by atoms with van der Waals surface area (Å²) in [6.07, 6.45) is 5.00. The van der Waals surface area contributed by atoms with Crippen LogP contribution in [0.4, 0.5) is 0 Å². The van der Waals surface area contributed by atoms with Gasteiger partial charge in [0.2, 0.25) is 5.91 Å². The Bertz CT molecular complexity index is 623. The van der Waals surface area contributed by atoms with E-state index in [0.29, 0.717) is 12.1 Å². The lowest BCUT2D eigenvalue weighted by molar-refractivity contribution is -0.130. The number of likely N-dealkylation sites (tertiary alicyclic amines) is 1. The van der Waals surface area contributed by atoms with E-state index in [1.807, 2.05) is 35.2 Å². The summed E-state index contributed by atoms with van der Waals surface area (Å²) < 4.78 is 5.38. The Morgan fingerprint density at radius 1 is 1.14 bits per heavy atom. The molecule has 4 heteroatoms. The minimum absolute atomic E-state index is 0.158. The van der Waals surface area contributed by atoms with Crippen LogP contribution in [0.1, 0.15) is 36.9 Å². The zero-order valence-corrected chi connectivity index (χ0v) is 13.0. The molecule has 0 saturated carbocycles. The van der Waals surface area contributed by atoms with Gasteiger partial charge in [-0.2, -0.15) is 0 Å². The molecule has 116 valence electrons. The van der Waals surface area contributed by atoms with Gasteiger partial charge in [-0.05, 0) is 19.8 Å². The Labute approximate surface area is 131 Å². The molecule has 0 radical (unpaired) electrons. The molecule has 1 fully saturated rings. The van der Waals surface area contributed by atoms with Gasteiger partial charge in [-0.15, -0.1) is 0 Å². The third-order valence-electron chi connectivity index (χ3n) is 4.19. The van der Waals surface area contributed by atoms with Gasteiger partial charge in [0.15, 0.2) is 5.76 Å². The lowest BCUT2D eigenvalue weighted by Crippen LogP contribution is -2.33. The topological polar surface area (TPSA) is 46.3 Å². The highest BCUT2D eigenvalue weighted by Crippen LogP contribution is 2.21. The van der Waals surface area contributed by atoms with E-state index >= 15 is 0 Å². The van der Waals surface area contributed by atoms with Crippen LogP contribution in [0.25, 0.3) is 11.3 Å². The predicted molar refractivity (Wildman–Crippen MR) is 85.4 cm³/mol. The molecule has 0 unspecified atom stereocenters. The van der Waals surface area contributed by atoms with Crippen molar-refractivity contribution in [2.24, 2.45) is 0 Å². The number of aromatic nitrogens is 1. The molecule has 1 aliphatic heterocycles. The average Bonchev–Trinajstić information content (AvgIpc) is 2.81. The first kappa shape index (κ1) is 14.8. The van der Waals surface area contributed by atoms with Crippen LogP contribution in [-0.4, -0.2) is 29.1 Å². The van der Waals surface area contributed by atoms with Crippen molar-refractivity contribution in [3.05, 3.63) is 41.6 Å². The first-order valence-electron chi connectivity index (χ1n) is 8.03. The molecule has 0 aliphatic carbocycles. The van der Waals surface area contributed by atoms with Gasteiger partial charge in [0.1, 0.15) is 0 Å². The molecule has 1 amide bonds. The molecular weight excluding hydrogens is 276 g/mol. The number of hydrogen-bond acceptors (Lipinski definition) is 3. The molecule has 0 spiro atoms. The zero-order chi connectivity index (χ0) is 15.4. The van der Waals surface area contributed by atoms with Gasteiger partial charge in [0, 0.05) is 24.7 Å². The summed E-state index contributed by atoms with van der Waals surface area (Å²) in [7, 11) is 0. The van der Waals surface area contributed by atoms with E-state index < -0.39 is 0 Å². The second-order valence-electron chi connectivity index (χ2n) is 6.02. The fraction of sp³-hybridized carbons (Fsp3) is 0.444. The highest BCUT2D eigenvalue weighted by molar-refractivity contribution is 5.78. The van der Waals surface area contributed by atoms with Crippen molar-refractivity contribution in [3.8, 4) is 11.3 Å². The van der Waals surface area contributed by atoms with E-state index in [1.54, 1.807) is 0 Å². The van der Waals surface area contributed by atoms with E-state index in [-0.39, 0.29) is 5.91 Å². The fourth-order valence-corrected chi connectivity index (χ4v) is 2.84. The smallest absolute Gasteiger partial charge is 0.228 e. The van der Waals surface area contributed by atoms with Gasteiger partial charge < -0.3 is 9.42 Å². The van der Waals surface area contributed by atoms with Crippen molar-refractivity contribution in [1.82, 2.24) is 10.1 Å². The highest BCUT2D eigenvalue weighted by Gasteiger charge is 2.18. The van der Waals surface area contributed by atoms with Gasteiger partial charge in [-0.3, -0.25) is 4.79 Å². The Morgan fingerprint density at radius 2 is 1.82 bits per heavy atom. The van der Waals surface area contributed by atoms with Crippen LogP contribution < -0.4 is 0 Å². The van der Waals surface area contributed by atoms with Crippen molar-refractivity contribution >= 4 is 5.91 Å². The summed E-state index contributed by atoms with van der Waals surface area (Å²) in [5.41, 5.74) is 2.91. The number of rotatable bonds is 3. The Balaban J connectivity index is 1.66. The van der Waals surface area contributed by atoms with Gasteiger partial charge in [-0.1, -0.05) is 47.8 Å². The highest BCUT2D eigenvalue weighted by atomic mass is 16.5. The maximum absolute atomic E-state index is 12.4. The summed E-state index contributed by atoms with van der Waals surface area (Å²) in [6.45, 7) is 3.80. The van der Waals surface area contributed by atoms with E-state index in [9.17, 15) is 4.79 Å². The van der Waals surface area contributed by atoms with Crippen LogP contribution in [0.3, 0.4) is 0 Å². The van der Waals surface area contributed by atoms with Crippen molar-refractivity contribution in [2.75, 3.05) is 13.1 Å². The molecule has 3 rings (SSSR count). The first-order chi connectivity index (χ1) is 10.7.